The predicted octanol–water partition coefficient (Wildman–Crippen LogP) is 2.96. The molecule has 0 fully saturated rings. The van der Waals surface area contributed by atoms with Gasteiger partial charge in [-0.1, -0.05) is 18.5 Å². The minimum atomic E-state index is 0.508. The topological polar surface area (TPSA) is 41.8 Å². The van der Waals surface area contributed by atoms with Gasteiger partial charge in [0, 0.05) is 21.6 Å². The van der Waals surface area contributed by atoms with Crippen LogP contribution in [0.1, 0.15) is 12.6 Å². The molecule has 0 radical (unpaired) electrons. The van der Waals surface area contributed by atoms with Crippen LogP contribution in [0.25, 0.3) is 10.9 Å². The molecule has 1 atom stereocenters. The van der Waals surface area contributed by atoms with E-state index in [0.29, 0.717) is 5.92 Å². The molecule has 0 bridgehead atoms. The van der Waals surface area contributed by atoms with Gasteiger partial charge in [0.05, 0.1) is 0 Å². The first kappa shape index (κ1) is 10.5. The quantitative estimate of drug-likeness (QED) is 0.824. The summed E-state index contributed by atoms with van der Waals surface area (Å²) in [4.78, 5) is 3.37. The van der Waals surface area contributed by atoms with Crippen molar-refractivity contribution in [2.75, 3.05) is 6.54 Å². The highest BCUT2D eigenvalue weighted by Gasteiger charge is 2.05. The number of nitrogens with two attached hydrogens (primary N) is 1. The average Bonchev–Trinajstić information content (AvgIpc) is 2.59. The van der Waals surface area contributed by atoms with Crippen molar-refractivity contribution in [3.63, 3.8) is 0 Å². The van der Waals surface area contributed by atoms with Gasteiger partial charge in [-0.3, -0.25) is 0 Å². The molecule has 1 unspecified atom stereocenters. The van der Waals surface area contributed by atoms with Crippen LogP contribution < -0.4 is 5.73 Å². The lowest BCUT2D eigenvalue weighted by molar-refractivity contribution is 0.586. The minimum Gasteiger partial charge on any atom is -0.358 e. The van der Waals surface area contributed by atoms with Gasteiger partial charge < -0.3 is 10.7 Å². The number of benzene rings is 1. The molecule has 1 aromatic heterocycles. The van der Waals surface area contributed by atoms with E-state index in [9.17, 15) is 0 Å². The van der Waals surface area contributed by atoms with E-state index in [2.05, 4.69) is 18.0 Å². The molecular weight excluding hydrogens is 208 g/mol. The third-order valence-corrected chi connectivity index (χ3v) is 2.84. The van der Waals surface area contributed by atoms with E-state index >= 15 is 0 Å². The van der Waals surface area contributed by atoms with Crippen LogP contribution in [-0.4, -0.2) is 11.5 Å². The molecular formula is C12H15ClN2. The van der Waals surface area contributed by atoms with Gasteiger partial charge in [0.1, 0.15) is 0 Å². The van der Waals surface area contributed by atoms with Crippen LogP contribution in [0, 0.1) is 5.92 Å². The first-order chi connectivity index (χ1) is 7.19. The monoisotopic (exact) mass is 222 g/mol. The highest BCUT2D eigenvalue weighted by atomic mass is 35.5. The van der Waals surface area contributed by atoms with Crippen molar-refractivity contribution in [3.8, 4) is 0 Å². The Bertz CT molecular complexity index is 462. The van der Waals surface area contributed by atoms with Gasteiger partial charge in [0.25, 0.3) is 0 Å². The average molecular weight is 223 g/mol. The number of hydrogen-bond acceptors (Lipinski definition) is 1. The summed E-state index contributed by atoms with van der Waals surface area (Å²) in [6.07, 6.45) is 0.989. The van der Waals surface area contributed by atoms with Crippen LogP contribution >= 0.6 is 11.6 Å². The van der Waals surface area contributed by atoms with Crippen LogP contribution in [0.4, 0.5) is 0 Å². The van der Waals surface area contributed by atoms with E-state index in [4.69, 9.17) is 17.3 Å². The molecule has 0 aliphatic heterocycles. The second-order valence-electron chi connectivity index (χ2n) is 4.07. The molecule has 0 saturated carbocycles. The fraction of sp³-hybridized carbons (Fsp3) is 0.333. The summed E-state index contributed by atoms with van der Waals surface area (Å²) in [6, 6.07) is 8.03. The number of H-pyrrole nitrogens is 1. The standard InChI is InChI=1S/C12H15ClN2/c1-8(7-14)4-11-6-9-5-10(13)2-3-12(9)15-11/h2-3,5-6,8,15H,4,7,14H2,1H3. The molecule has 2 aromatic rings. The Morgan fingerprint density at radius 2 is 2.20 bits per heavy atom. The summed E-state index contributed by atoms with van der Waals surface area (Å²) in [5.41, 5.74) is 7.97. The van der Waals surface area contributed by atoms with Crippen molar-refractivity contribution in [3.05, 3.63) is 35.0 Å². The van der Waals surface area contributed by atoms with Crippen LogP contribution in [0.2, 0.25) is 5.02 Å². The maximum absolute atomic E-state index is 5.93. The van der Waals surface area contributed by atoms with Gasteiger partial charge in [-0.15, -0.1) is 0 Å². The number of aromatic nitrogens is 1. The molecule has 0 aliphatic carbocycles. The Balaban J connectivity index is 2.30. The lowest BCUT2D eigenvalue weighted by Crippen LogP contribution is -2.13. The van der Waals surface area contributed by atoms with Crippen molar-refractivity contribution in [2.45, 2.75) is 13.3 Å². The molecule has 2 rings (SSSR count). The lowest BCUT2D eigenvalue weighted by atomic mass is 10.1. The molecule has 0 saturated heterocycles. The Morgan fingerprint density at radius 3 is 2.93 bits per heavy atom. The molecule has 1 aromatic carbocycles. The number of hydrogen-bond donors (Lipinski definition) is 2. The molecule has 3 N–H and O–H groups in total. The van der Waals surface area contributed by atoms with Gasteiger partial charge in [0.2, 0.25) is 0 Å². The second kappa shape index (κ2) is 4.25. The molecule has 0 amide bonds. The Kier molecular flexibility index (Phi) is 2.98. The maximum Gasteiger partial charge on any atom is 0.0457 e. The molecule has 0 aliphatic rings. The van der Waals surface area contributed by atoms with Crippen LogP contribution in [0.3, 0.4) is 0 Å². The first-order valence-electron chi connectivity index (χ1n) is 5.16. The summed E-state index contributed by atoms with van der Waals surface area (Å²) in [5.74, 6) is 0.508. The van der Waals surface area contributed by atoms with Crippen LogP contribution in [0.15, 0.2) is 24.3 Å². The summed E-state index contributed by atoms with van der Waals surface area (Å²) in [6.45, 7) is 2.87. The van der Waals surface area contributed by atoms with Crippen molar-refractivity contribution in [1.82, 2.24) is 4.98 Å². The summed E-state index contributed by atoms with van der Waals surface area (Å²) < 4.78 is 0. The molecule has 3 heteroatoms. The van der Waals surface area contributed by atoms with Crippen molar-refractivity contribution < 1.29 is 0 Å². The number of rotatable bonds is 3. The normalized spacial score (nSPS) is 13.3. The van der Waals surface area contributed by atoms with Gasteiger partial charge in [-0.05, 0) is 43.1 Å². The highest BCUT2D eigenvalue weighted by Crippen LogP contribution is 2.21. The number of halogens is 1. The largest absolute Gasteiger partial charge is 0.358 e. The second-order valence-corrected chi connectivity index (χ2v) is 4.51. The summed E-state index contributed by atoms with van der Waals surface area (Å²) in [5, 5.41) is 1.95. The van der Waals surface area contributed by atoms with E-state index in [1.54, 1.807) is 0 Å². The smallest absolute Gasteiger partial charge is 0.0457 e. The van der Waals surface area contributed by atoms with Crippen molar-refractivity contribution >= 4 is 22.5 Å². The van der Waals surface area contributed by atoms with E-state index < -0.39 is 0 Å². The third-order valence-electron chi connectivity index (χ3n) is 2.61. The number of nitrogens with one attached hydrogen (secondary N) is 1. The van der Waals surface area contributed by atoms with Gasteiger partial charge >= 0.3 is 0 Å². The first-order valence-corrected chi connectivity index (χ1v) is 5.54. The molecule has 80 valence electrons. The third kappa shape index (κ3) is 2.33. The van der Waals surface area contributed by atoms with Crippen molar-refractivity contribution in [2.24, 2.45) is 11.7 Å². The Hall–Kier alpha value is -0.990. The van der Waals surface area contributed by atoms with Crippen LogP contribution in [-0.2, 0) is 6.42 Å². The van der Waals surface area contributed by atoms with Gasteiger partial charge in [-0.2, -0.15) is 0 Å². The lowest BCUT2D eigenvalue weighted by Gasteiger charge is -2.04. The number of aromatic amines is 1. The number of fused-ring (bicyclic) bond motifs is 1. The fourth-order valence-electron chi connectivity index (χ4n) is 1.73. The van der Waals surface area contributed by atoms with E-state index in [0.717, 1.165) is 23.5 Å². The molecule has 1 heterocycles. The van der Waals surface area contributed by atoms with E-state index in [1.807, 2.05) is 18.2 Å². The zero-order chi connectivity index (χ0) is 10.8. The summed E-state index contributed by atoms with van der Waals surface area (Å²) >= 11 is 5.93. The molecule has 15 heavy (non-hydrogen) atoms. The summed E-state index contributed by atoms with van der Waals surface area (Å²) in [7, 11) is 0. The molecule has 0 spiro atoms. The van der Waals surface area contributed by atoms with E-state index in [-0.39, 0.29) is 0 Å². The maximum atomic E-state index is 5.93. The Morgan fingerprint density at radius 1 is 1.40 bits per heavy atom. The SMILES string of the molecule is CC(CN)Cc1cc2cc(Cl)ccc2[nH]1. The van der Waals surface area contributed by atoms with E-state index in [1.165, 1.54) is 11.1 Å². The minimum absolute atomic E-state index is 0.508. The van der Waals surface area contributed by atoms with Crippen molar-refractivity contribution in [1.29, 1.82) is 0 Å². The fourth-order valence-corrected chi connectivity index (χ4v) is 1.91. The molecule has 2 nitrogen and oxygen atoms in total. The predicted molar refractivity (Wildman–Crippen MR) is 65.2 cm³/mol. The Labute approximate surface area is 94.4 Å². The zero-order valence-corrected chi connectivity index (χ0v) is 9.51. The van der Waals surface area contributed by atoms with Gasteiger partial charge in [0.15, 0.2) is 0 Å². The van der Waals surface area contributed by atoms with Gasteiger partial charge in [-0.25, -0.2) is 0 Å². The van der Waals surface area contributed by atoms with Crippen LogP contribution in [0.5, 0.6) is 0 Å². The zero-order valence-electron chi connectivity index (χ0n) is 8.76. The highest BCUT2D eigenvalue weighted by molar-refractivity contribution is 6.31.